The Morgan fingerprint density at radius 3 is 2.41 bits per heavy atom. The van der Waals surface area contributed by atoms with Gasteiger partial charge >= 0.3 is 0 Å². The molecule has 5 nitrogen and oxygen atoms in total. The van der Waals surface area contributed by atoms with Gasteiger partial charge in [-0.1, -0.05) is 30.3 Å². The summed E-state index contributed by atoms with van der Waals surface area (Å²) in [5.41, 5.74) is 2.63. The average molecular weight is 434 g/mol. The first-order chi connectivity index (χ1) is 15.5. The van der Waals surface area contributed by atoms with Crippen LogP contribution in [-0.2, 0) is 23.5 Å². The van der Waals surface area contributed by atoms with Crippen LogP contribution in [0.5, 0.6) is 5.75 Å². The topological polar surface area (TPSA) is 54.5 Å². The second-order valence-electron chi connectivity index (χ2n) is 8.30. The highest BCUT2D eigenvalue weighted by Crippen LogP contribution is 2.34. The number of nitrogens with one attached hydrogen (secondary N) is 1. The predicted octanol–water partition coefficient (Wildman–Crippen LogP) is 4.43. The first-order valence-electron chi connectivity index (χ1n) is 10.9. The van der Waals surface area contributed by atoms with Crippen molar-refractivity contribution < 1.29 is 13.9 Å². The minimum atomic E-state index is -0.445. The summed E-state index contributed by atoms with van der Waals surface area (Å²) in [6.45, 7) is 4.50. The van der Waals surface area contributed by atoms with E-state index in [0.717, 1.165) is 49.5 Å². The second kappa shape index (κ2) is 9.92. The summed E-state index contributed by atoms with van der Waals surface area (Å²) in [7, 11) is 0. The minimum absolute atomic E-state index is 0.0657. The Balaban J connectivity index is 1.34. The number of rotatable bonds is 7. The highest BCUT2D eigenvalue weighted by atomic mass is 19.1. The summed E-state index contributed by atoms with van der Waals surface area (Å²) in [6, 6.07) is 20.4. The number of hydrogen-bond acceptors (Lipinski definition) is 4. The number of carbonyl (C=O) groups is 1. The van der Waals surface area contributed by atoms with E-state index in [9.17, 15) is 9.18 Å². The molecule has 1 fully saturated rings. The van der Waals surface area contributed by atoms with Gasteiger partial charge in [0.2, 0.25) is 5.91 Å². The van der Waals surface area contributed by atoms with Crippen LogP contribution >= 0.6 is 0 Å². The lowest BCUT2D eigenvalue weighted by Gasteiger charge is -2.42. The van der Waals surface area contributed by atoms with E-state index in [2.05, 4.69) is 27.3 Å². The van der Waals surface area contributed by atoms with Crippen LogP contribution in [0.15, 0.2) is 72.9 Å². The maximum atomic E-state index is 13.4. The van der Waals surface area contributed by atoms with Crippen LogP contribution in [0.2, 0.25) is 0 Å². The Kier molecular flexibility index (Phi) is 6.81. The zero-order valence-electron chi connectivity index (χ0n) is 18.3. The molecular weight excluding hydrogens is 405 g/mol. The number of nitrogens with zero attached hydrogens (tertiary/aromatic N) is 2. The molecule has 1 aliphatic rings. The van der Waals surface area contributed by atoms with E-state index in [1.165, 1.54) is 24.6 Å². The Hall–Kier alpha value is -3.25. The van der Waals surface area contributed by atoms with Crippen LogP contribution in [0.25, 0.3) is 0 Å². The SMILES string of the molecule is CC(=O)NC1(c2ccc(F)cc2)CCN(Cc2ccc(OCc3ccccn3)cc2)CC1. The van der Waals surface area contributed by atoms with Crippen molar-refractivity contribution >= 4 is 5.91 Å². The molecule has 3 aromatic rings. The van der Waals surface area contributed by atoms with Gasteiger partial charge in [-0.05, 0) is 60.4 Å². The zero-order valence-corrected chi connectivity index (χ0v) is 18.3. The molecule has 0 aliphatic carbocycles. The largest absolute Gasteiger partial charge is 0.487 e. The van der Waals surface area contributed by atoms with Crippen molar-refractivity contribution in [3.8, 4) is 5.75 Å². The zero-order chi connectivity index (χ0) is 22.4. The Bertz CT molecular complexity index is 1020. The van der Waals surface area contributed by atoms with E-state index >= 15 is 0 Å². The van der Waals surface area contributed by atoms with E-state index in [1.807, 2.05) is 30.3 Å². The summed E-state index contributed by atoms with van der Waals surface area (Å²) in [5.74, 6) is 0.486. The number of benzene rings is 2. The first-order valence-corrected chi connectivity index (χ1v) is 10.9. The Morgan fingerprint density at radius 1 is 1.06 bits per heavy atom. The van der Waals surface area contributed by atoms with Gasteiger partial charge in [0.25, 0.3) is 0 Å². The van der Waals surface area contributed by atoms with Crippen molar-refractivity contribution in [1.82, 2.24) is 15.2 Å². The fourth-order valence-corrected chi connectivity index (χ4v) is 4.27. The highest BCUT2D eigenvalue weighted by Gasteiger charge is 2.36. The maximum Gasteiger partial charge on any atom is 0.217 e. The normalized spacial score (nSPS) is 15.8. The molecule has 0 saturated carbocycles. The molecule has 0 bridgehead atoms. The van der Waals surface area contributed by atoms with Crippen molar-refractivity contribution in [2.24, 2.45) is 0 Å². The smallest absolute Gasteiger partial charge is 0.217 e. The summed E-state index contributed by atoms with van der Waals surface area (Å²) < 4.78 is 19.2. The third-order valence-electron chi connectivity index (χ3n) is 5.96. The molecule has 1 amide bonds. The molecule has 4 rings (SSSR count). The molecule has 0 atom stereocenters. The van der Waals surface area contributed by atoms with E-state index in [-0.39, 0.29) is 11.7 Å². The molecule has 1 saturated heterocycles. The van der Waals surface area contributed by atoms with Gasteiger partial charge in [-0.25, -0.2) is 4.39 Å². The molecule has 0 unspecified atom stereocenters. The quantitative estimate of drug-likeness (QED) is 0.599. The van der Waals surface area contributed by atoms with Crippen LogP contribution in [0.4, 0.5) is 4.39 Å². The van der Waals surface area contributed by atoms with Gasteiger partial charge in [-0.15, -0.1) is 0 Å². The molecule has 6 heteroatoms. The van der Waals surface area contributed by atoms with Gasteiger partial charge in [0, 0.05) is 32.8 Å². The average Bonchev–Trinajstić information content (AvgIpc) is 2.81. The molecular formula is C26H28FN3O2. The minimum Gasteiger partial charge on any atom is -0.487 e. The van der Waals surface area contributed by atoms with Gasteiger partial charge in [-0.3, -0.25) is 14.7 Å². The highest BCUT2D eigenvalue weighted by molar-refractivity contribution is 5.74. The molecule has 1 aromatic heterocycles. The van der Waals surface area contributed by atoms with E-state index in [4.69, 9.17) is 4.74 Å². The third-order valence-corrected chi connectivity index (χ3v) is 5.96. The summed E-state index contributed by atoms with van der Waals surface area (Å²) in [4.78, 5) is 18.5. The number of halogens is 1. The molecule has 1 N–H and O–H groups in total. The van der Waals surface area contributed by atoms with E-state index in [0.29, 0.717) is 6.61 Å². The lowest BCUT2D eigenvalue weighted by atomic mass is 9.80. The monoisotopic (exact) mass is 433 g/mol. The second-order valence-corrected chi connectivity index (χ2v) is 8.30. The van der Waals surface area contributed by atoms with Crippen molar-refractivity contribution in [3.63, 3.8) is 0 Å². The number of aromatic nitrogens is 1. The molecule has 0 radical (unpaired) electrons. The van der Waals surface area contributed by atoms with Crippen molar-refractivity contribution in [3.05, 3.63) is 95.6 Å². The fourth-order valence-electron chi connectivity index (χ4n) is 4.27. The van der Waals surface area contributed by atoms with Crippen LogP contribution in [0.1, 0.15) is 36.6 Å². The predicted molar refractivity (Wildman–Crippen MR) is 121 cm³/mol. The summed E-state index contributed by atoms with van der Waals surface area (Å²) in [5, 5.41) is 3.14. The number of hydrogen-bond donors (Lipinski definition) is 1. The maximum absolute atomic E-state index is 13.4. The number of carbonyl (C=O) groups excluding carboxylic acids is 1. The van der Waals surface area contributed by atoms with E-state index in [1.54, 1.807) is 18.3 Å². The first kappa shape index (κ1) is 22.0. The molecule has 32 heavy (non-hydrogen) atoms. The number of amides is 1. The third kappa shape index (κ3) is 5.51. The summed E-state index contributed by atoms with van der Waals surface area (Å²) >= 11 is 0. The van der Waals surface area contributed by atoms with Gasteiger partial charge in [0.05, 0.1) is 11.2 Å². The molecule has 166 valence electrons. The number of pyridine rings is 1. The molecule has 2 aromatic carbocycles. The van der Waals surface area contributed by atoms with Gasteiger partial charge in [0.1, 0.15) is 18.2 Å². The number of ether oxygens (including phenoxy) is 1. The Morgan fingerprint density at radius 2 is 1.78 bits per heavy atom. The lowest BCUT2D eigenvalue weighted by molar-refractivity contribution is -0.121. The lowest BCUT2D eigenvalue weighted by Crippen LogP contribution is -2.52. The van der Waals surface area contributed by atoms with Crippen molar-refractivity contribution in [2.75, 3.05) is 13.1 Å². The van der Waals surface area contributed by atoms with Gasteiger partial charge in [-0.2, -0.15) is 0 Å². The van der Waals surface area contributed by atoms with Crippen molar-refractivity contribution in [2.45, 2.75) is 38.5 Å². The van der Waals surface area contributed by atoms with Crippen LogP contribution in [0, 0.1) is 5.82 Å². The standard InChI is InChI=1S/C26H28FN3O2/c1-20(31)29-26(22-7-9-23(27)10-8-22)13-16-30(17-14-26)18-21-5-11-25(12-6-21)32-19-24-4-2-3-15-28-24/h2-12,15H,13-14,16-19H2,1H3,(H,29,31). The van der Waals surface area contributed by atoms with Crippen LogP contribution < -0.4 is 10.1 Å². The number of piperidine rings is 1. The molecule has 2 heterocycles. The Labute approximate surface area is 188 Å². The molecule has 0 spiro atoms. The van der Waals surface area contributed by atoms with Gasteiger partial charge < -0.3 is 10.1 Å². The van der Waals surface area contributed by atoms with E-state index < -0.39 is 5.54 Å². The fraction of sp³-hybridized carbons (Fsp3) is 0.308. The number of likely N-dealkylation sites (tertiary alicyclic amines) is 1. The summed E-state index contributed by atoms with van der Waals surface area (Å²) in [6.07, 6.45) is 3.32. The molecule has 1 aliphatic heterocycles. The van der Waals surface area contributed by atoms with Crippen molar-refractivity contribution in [1.29, 1.82) is 0 Å². The van der Waals surface area contributed by atoms with Crippen LogP contribution in [0.3, 0.4) is 0 Å². The van der Waals surface area contributed by atoms with Crippen LogP contribution in [-0.4, -0.2) is 28.9 Å². The van der Waals surface area contributed by atoms with Gasteiger partial charge in [0.15, 0.2) is 0 Å².